The number of anilines is 1. The van der Waals surface area contributed by atoms with E-state index in [1.807, 2.05) is 61.8 Å². The molecule has 6 nitrogen and oxygen atoms in total. The number of carbonyl (C=O) groups is 1. The summed E-state index contributed by atoms with van der Waals surface area (Å²) in [4.78, 5) is 23.6. The molecule has 0 spiro atoms. The predicted octanol–water partition coefficient (Wildman–Crippen LogP) is 3.19. The van der Waals surface area contributed by atoms with Gasteiger partial charge in [0.2, 0.25) is 0 Å². The molecule has 0 radical (unpaired) electrons. The van der Waals surface area contributed by atoms with Gasteiger partial charge in [-0.2, -0.15) is 0 Å². The summed E-state index contributed by atoms with van der Waals surface area (Å²) in [6, 6.07) is 14.2. The Morgan fingerprint density at radius 1 is 1.18 bits per heavy atom. The first-order valence-electron chi connectivity index (χ1n) is 9.73. The molecule has 0 saturated carbocycles. The molecule has 1 atom stereocenters. The molecule has 1 aliphatic heterocycles. The van der Waals surface area contributed by atoms with E-state index in [-0.39, 0.29) is 5.91 Å². The first-order chi connectivity index (χ1) is 13.7. The average molecular weight is 375 g/mol. The van der Waals surface area contributed by atoms with Gasteiger partial charge in [-0.25, -0.2) is 4.98 Å². The molecule has 3 heterocycles. The van der Waals surface area contributed by atoms with E-state index in [4.69, 9.17) is 0 Å². The van der Waals surface area contributed by atoms with Gasteiger partial charge in [-0.3, -0.25) is 9.78 Å². The van der Waals surface area contributed by atoms with Crippen LogP contribution in [0, 0.1) is 6.92 Å². The van der Waals surface area contributed by atoms with Crippen molar-refractivity contribution in [1.82, 2.24) is 19.9 Å². The van der Waals surface area contributed by atoms with Crippen molar-refractivity contribution >= 4 is 11.6 Å². The predicted molar refractivity (Wildman–Crippen MR) is 109 cm³/mol. The molecule has 28 heavy (non-hydrogen) atoms. The SMILES string of the molecule is Cc1nccn1CC1CCCN1c1ccnc(C(=O)NCc2ccccc2)c1. The molecule has 1 amide bonds. The van der Waals surface area contributed by atoms with Crippen molar-refractivity contribution in [1.29, 1.82) is 0 Å². The van der Waals surface area contributed by atoms with Crippen molar-refractivity contribution in [3.63, 3.8) is 0 Å². The van der Waals surface area contributed by atoms with Gasteiger partial charge in [0.05, 0.1) is 0 Å². The second kappa shape index (κ2) is 8.25. The second-order valence-corrected chi connectivity index (χ2v) is 7.18. The fourth-order valence-electron chi connectivity index (χ4n) is 3.78. The van der Waals surface area contributed by atoms with Crippen LogP contribution in [-0.4, -0.2) is 33.0 Å². The molecule has 3 aromatic rings. The minimum Gasteiger partial charge on any atom is -0.367 e. The Bertz CT molecular complexity index is 937. The van der Waals surface area contributed by atoms with Crippen LogP contribution in [0.15, 0.2) is 61.1 Å². The summed E-state index contributed by atoms with van der Waals surface area (Å²) in [6.45, 7) is 4.43. The number of pyridine rings is 1. The Morgan fingerprint density at radius 2 is 2.04 bits per heavy atom. The Hall–Kier alpha value is -3.15. The molecule has 6 heteroatoms. The van der Waals surface area contributed by atoms with Crippen LogP contribution in [0.3, 0.4) is 0 Å². The lowest BCUT2D eigenvalue weighted by Crippen LogP contribution is -2.33. The summed E-state index contributed by atoms with van der Waals surface area (Å²) >= 11 is 0. The molecule has 1 aliphatic rings. The fourth-order valence-corrected chi connectivity index (χ4v) is 3.78. The maximum Gasteiger partial charge on any atom is 0.270 e. The van der Waals surface area contributed by atoms with Crippen LogP contribution < -0.4 is 10.2 Å². The van der Waals surface area contributed by atoms with Crippen molar-refractivity contribution in [3.8, 4) is 0 Å². The van der Waals surface area contributed by atoms with Gasteiger partial charge in [-0.05, 0) is 37.5 Å². The zero-order chi connectivity index (χ0) is 19.3. The van der Waals surface area contributed by atoms with Crippen molar-refractivity contribution in [3.05, 3.63) is 78.1 Å². The molecular weight excluding hydrogens is 350 g/mol. The maximum atomic E-state index is 12.6. The van der Waals surface area contributed by atoms with Crippen molar-refractivity contribution in [2.24, 2.45) is 0 Å². The molecule has 1 fully saturated rings. The first kappa shape index (κ1) is 18.2. The van der Waals surface area contributed by atoms with E-state index < -0.39 is 0 Å². The minimum absolute atomic E-state index is 0.146. The number of hydrogen-bond acceptors (Lipinski definition) is 4. The highest BCUT2D eigenvalue weighted by atomic mass is 16.1. The topological polar surface area (TPSA) is 63.1 Å². The zero-order valence-electron chi connectivity index (χ0n) is 16.1. The molecule has 1 saturated heterocycles. The van der Waals surface area contributed by atoms with Gasteiger partial charge in [0.15, 0.2) is 0 Å². The largest absolute Gasteiger partial charge is 0.367 e. The van der Waals surface area contributed by atoms with Crippen molar-refractivity contribution in [2.45, 2.75) is 38.9 Å². The van der Waals surface area contributed by atoms with Crippen molar-refractivity contribution < 1.29 is 4.79 Å². The van der Waals surface area contributed by atoms with Gasteiger partial charge in [0.25, 0.3) is 5.91 Å². The highest BCUT2D eigenvalue weighted by Crippen LogP contribution is 2.27. The van der Waals surface area contributed by atoms with Gasteiger partial charge in [-0.1, -0.05) is 30.3 Å². The third-order valence-corrected chi connectivity index (χ3v) is 5.31. The molecule has 1 unspecified atom stereocenters. The second-order valence-electron chi connectivity index (χ2n) is 7.18. The number of hydrogen-bond donors (Lipinski definition) is 1. The quantitative estimate of drug-likeness (QED) is 0.719. The molecular formula is C22H25N5O. The van der Waals surface area contributed by atoms with Crippen LogP contribution in [-0.2, 0) is 13.1 Å². The molecule has 1 aromatic carbocycles. The van der Waals surface area contributed by atoms with Crippen LogP contribution >= 0.6 is 0 Å². The van der Waals surface area contributed by atoms with Crippen LogP contribution in [0.2, 0.25) is 0 Å². The number of nitrogens with zero attached hydrogens (tertiary/aromatic N) is 4. The van der Waals surface area contributed by atoms with Crippen LogP contribution in [0.1, 0.15) is 34.7 Å². The number of aromatic nitrogens is 3. The maximum absolute atomic E-state index is 12.6. The standard InChI is InChI=1S/C22H25N5O/c1-17-23-11-13-26(17)16-20-8-5-12-27(20)19-9-10-24-21(14-19)22(28)25-15-18-6-3-2-4-7-18/h2-4,6-7,9-11,13-14,20H,5,8,12,15-16H2,1H3,(H,25,28). The third-order valence-electron chi connectivity index (χ3n) is 5.31. The molecule has 4 rings (SSSR count). The van der Waals surface area contributed by atoms with Crippen LogP contribution in [0.5, 0.6) is 0 Å². The lowest BCUT2D eigenvalue weighted by molar-refractivity contribution is 0.0946. The Morgan fingerprint density at radius 3 is 2.82 bits per heavy atom. The van der Waals surface area contributed by atoms with Gasteiger partial charge in [-0.15, -0.1) is 0 Å². The smallest absolute Gasteiger partial charge is 0.270 e. The molecule has 0 bridgehead atoms. The third kappa shape index (κ3) is 4.06. The summed E-state index contributed by atoms with van der Waals surface area (Å²) < 4.78 is 2.19. The highest BCUT2D eigenvalue weighted by molar-refractivity contribution is 5.93. The number of carbonyl (C=O) groups excluding carboxylic acids is 1. The Balaban J connectivity index is 1.45. The van der Waals surface area contributed by atoms with E-state index >= 15 is 0 Å². The van der Waals surface area contributed by atoms with E-state index in [1.165, 1.54) is 0 Å². The number of aryl methyl sites for hydroxylation is 1. The highest BCUT2D eigenvalue weighted by Gasteiger charge is 2.26. The number of amides is 1. The minimum atomic E-state index is -0.146. The molecule has 1 N–H and O–H groups in total. The number of nitrogens with one attached hydrogen (secondary N) is 1. The molecule has 0 aliphatic carbocycles. The van der Waals surface area contributed by atoms with Crippen molar-refractivity contribution in [2.75, 3.05) is 11.4 Å². The van der Waals surface area contributed by atoms with E-state index in [2.05, 4.69) is 24.8 Å². The summed E-state index contributed by atoms with van der Waals surface area (Å²) in [5, 5.41) is 2.96. The van der Waals surface area contributed by atoms with E-state index in [9.17, 15) is 4.79 Å². The van der Waals surface area contributed by atoms with Crippen LogP contribution in [0.4, 0.5) is 5.69 Å². The Kier molecular flexibility index (Phi) is 5.37. The normalized spacial score (nSPS) is 16.3. The van der Waals surface area contributed by atoms with E-state index in [0.29, 0.717) is 18.3 Å². The molecule has 2 aromatic heterocycles. The lowest BCUT2D eigenvalue weighted by Gasteiger charge is -2.27. The van der Waals surface area contributed by atoms with Gasteiger partial charge in [0, 0.05) is 50.0 Å². The fraction of sp³-hybridized carbons (Fsp3) is 0.318. The summed E-state index contributed by atoms with van der Waals surface area (Å²) in [5.74, 6) is 0.884. The first-order valence-corrected chi connectivity index (χ1v) is 9.73. The van der Waals surface area contributed by atoms with Crippen LogP contribution in [0.25, 0.3) is 0 Å². The number of benzene rings is 1. The van der Waals surface area contributed by atoms with Gasteiger partial charge < -0.3 is 14.8 Å². The summed E-state index contributed by atoms with van der Waals surface area (Å²) in [7, 11) is 0. The zero-order valence-corrected chi connectivity index (χ0v) is 16.1. The Labute approximate surface area is 165 Å². The van der Waals surface area contributed by atoms with E-state index in [1.54, 1.807) is 6.20 Å². The number of imidazole rings is 1. The number of rotatable bonds is 6. The summed E-state index contributed by atoms with van der Waals surface area (Å²) in [6.07, 6.45) is 7.88. The summed E-state index contributed by atoms with van der Waals surface area (Å²) in [5.41, 5.74) is 2.58. The van der Waals surface area contributed by atoms with Gasteiger partial charge >= 0.3 is 0 Å². The average Bonchev–Trinajstić information content (AvgIpc) is 3.36. The molecule has 144 valence electrons. The van der Waals surface area contributed by atoms with Gasteiger partial charge in [0.1, 0.15) is 11.5 Å². The monoisotopic (exact) mass is 375 g/mol. The lowest BCUT2D eigenvalue weighted by atomic mass is 10.2. The van der Waals surface area contributed by atoms with E-state index in [0.717, 1.165) is 43.0 Å².